The zero-order valence-corrected chi connectivity index (χ0v) is 88.4. The summed E-state index contributed by atoms with van der Waals surface area (Å²) in [6.45, 7) is 20.5. The van der Waals surface area contributed by atoms with Crippen molar-refractivity contribution in [3.63, 3.8) is 0 Å². The number of carbonyl (C=O) groups excluding carboxylic acids is 7. The van der Waals surface area contributed by atoms with E-state index in [1.54, 1.807) is 222 Å². The number of hydrogen-bond donors (Lipinski definition) is 11. The number of aryl methyl sites for hydroxylation is 1. The maximum Gasteiger partial charge on any atom is 0.335 e. The Morgan fingerprint density at radius 3 is 0.849 bits per heavy atom. The number of carboxylic acids is 1. The second-order valence-electron chi connectivity index (χ2n) is 34.7. The van der Waals surface area contributed by atoms with Crippen LogP contribution in [-0.2, 0) is 127 Å². The van der Waals surface area contributed by atoms with Crippen molar-refractivity contribution < 1.29 is 96.8 Å². The van der Waals surface area contributed by atoms with Gasteiger partial charge in [0.15, 0.2) is 0 Å². The molecule has 0 spiro atoms. The van der Waals surface area contributed by atoms with Gasteiger partial charge < -0.3 is 72.2 Å². The summed E-state index contributed by atoms with van der Waals surface area (Å²) in [7, 11) is 8.56. The molecule has 0 fully saturated rings. The number of likely N-dealkylation sites (N-methyl/N-ethyl adjacent to an activating group) is 1. The summed E-state index contributed by atoms with van der Waals surface area (Å²) in [6, 6.07) is 47.6. The second-order valence-corrected chi connectivity index (χ2v) is 37.0. The SMILES string of the molecule is CNCC(C)(C)CO.CNc1ccc2cc(C(=O)NCc3ccc(Cl)cc3)c(=O)n(CC(=O)N(C)CC(C)(C)CO)c2n1.CNc1ccc2cc(C(=O)NCc3ccc(Cl)cc3)c(=O)n(CC(=O)O)c2n1.CNc1ccc2cc(C(=O)NCc3ccc(Cl)cc3)c(=O)n(CC(=O)OC(C)(C)C)c2n1.Cc1ccc2cc(C(=O)NCc3ccc(Cl)cc3)c(=O)n(CC(=O)OC(C)(C)C)c2n1.O=S=O.O=S=O.O=S=O.O=S=O. The van der Waals surface area contributed by atoms with E-state index < -0.39 is 133 Å². The van der Waals surface area contributed by atoms with Gasteiger partial charge in [-0.3, -0.25) is 75.8 Å². The third-order valence-electron chi connectivity index (χ3n) is 19.7. The predicted molar refractivity (Wildman–Crippen MR) is 556 cm³/mol. The van der Waals surface area contributed by atoms with Crippen LogP contribution in [-0.4, -0.2) is 212 Å². The van der Waals surface area contributed by atoms with Crippen LogP contribution in [0.25, 0.3) is 44.1 Å². The summed E-state index contributed by atoms with van der Waals surface area (Å²) >= 11 is 20.5. The van der Waals surface area contributed by atoms with Crippen molar-refractivity contribution in [1.29, 1.82) is 0 Å². The van der Waals surface area contributed by atoms with Crippen LogP contribution in [0.1, 0.15) is 139 Å². The van der Waals surface area contributed by atoms with E-state index >= 15 is 0 Å². The van der Waals surface area contributed by atoms with Crippen molar-refractivity contribution in [2.75, 3.05) is 77.5 Å². The quantitative estimate of drug-likeness (QED) is 0.0195. The molecule has 0 aliphatic rings. The van der Waals surface area contributed by atoms with E-state index in [1.165, 1.54) is 42.9 Å². The summed E-state index contributed by atoms with van der Waals surface area (Å²) in [4.78, 5) is 172. The number of anilines is 3. The molecule has 0 aliphatic carbocycles. The number of nitrogens with zero attached hydrogens (tertiary/aromatic N) is 9. The molecule has 0 bridgehead atoms. The van der Waals surface area contributed by atoms with E-state index in [0.717, 1.165) is 33.4 Å². The molecule has 0 atom stereocenters. The first kappa shape index (κ1) is 124. The van der Waals surface area contributed by atoms with Gasteiger partial charge in [0, 0.05) is 139 Å². The fraction of sp³-hybridized carbons (Fsp3) is 0.333. The van der Waals surface area contributed by atoms with E-state index in [1.807, 2.05) is 34.7 Å². The highest BCUT2D eigenvalue weighted by Gasteiger charge is 2.29. The highest BCUT2D eigenvalue weighted by molar-refractivity contribution is 7.52. The van der Waals surface area contributed by atoms with Gasteiger partial charge in [-0.05, 0) is 199 Å². The number of hydrogen-bond acceptors (Lipinski definition) is 32. The van der Waals surface area contributed by atoms with Crippen LogP contribution >= 0.6 is 46.4 Å². The summed E-state index contributed by atoms with van der Waals surface area (Å²) in [5.74, 6) is -3.46. The largest absolute Gasteiger partial charge is 0.480 e. The minimum atomic E-state index is -1.21. The normalized spacial score (nSPS) is 10.6. The van der Waals surface area contributed by atoms with Gasteiger partial charge in [-0.1, -0.05) is 123 Å². The minimum Gasteiger partial charge on any atom is -0.480 e. The average molecular weight is 2170 g/mol. The Kier molecular flexibility index (Phi) is 51.5. The van der Waals surface area contributed by atoms with E-state index in [-0.39, 0.29) is 104 Å². The van der Waals surface area contributed by atoms with Gasteiger partial charge in [0.05, 0.1) is 0 Å². The van der Waals surface area contributed by atoms with Crippen molar-refractivity contribution >= 4 is 202 Å². The maximum absolute atomic E-state index is 13.4. The Morgan fingerprint density at radius 2 is 0.616 bits per heavy atom. The van der Waals surface area contributed by atoms with Crippen LogP contribution in [0.15, 0.2) is 189 Å². The van der Waals surface area contributed by atoms with Crippen LogP contribution < -0.4 is 64.8 Å². The first-order chi connectivity index (χ1) is 68.8. The number of aliphatic hydroxyl groups excluding tert-OH is 2. The number of ether oxygens (including phenoxy) is 2. The molecule has 146 heavy (non-hydrogen) atoms. The summed E-state index contributed by atoms with van der Waals surface area (Å²) < 4.78 is 81.6. The Hall–Kier alpha value is -14.2. The monoisotopic (exact) mass is 2170 g/mol. The number of aromatic nitrogens is 8. The summed E-state index contributed by atoms with van der Waals surface area (Å²) in [5, 5.41) is 54.5. The van der Waals surface area contributed by atoms with E-state index in [4.69, 9.17) is 99.8 Å². The van der Waals surface area contributed by atoms with Crippen molar-refractivity contribution in [3.8, 4) is 0 Å². The van der Waals surface area contributed by atoms with Gasteiger partial charge in [0.1, 0.15) is 99.7 Å². The molecule has 12 rings (SSSR count). The molecule has 0 unspecified atom stereocenters. The number of amides is 5. The molecular weight excluding hydrogens is 2060 g/mol. The number of aliphatic hydroxyl groups is 2. The molecule has 5 amide bonds. The fourth-order valence-corrected chi connectivity index (χ4v) is 13.5. The molecule has 42 nitrogen and oxygen atoms in total. The Morgan fingerprint density at radius 1 is 0.370 bits per heavy atom. The lowest BCUT2D eigenvalue weighted by Crippen LogP contribution is -2.41. The maximum atomic E-state index is 13.4. The van der Waals surface area contributed by atoms with Crippen LogP contribution in [0.2, 0.25) is 20.1 Å². The van der Waals surface area contributed by atoms with Crippen molar-refractivity contribution in [2.45, 2.75) is 140 Å². The highest BCUT2D eigenvalue weighted by Crippen LogP contribution is 2.24. The number of esters is 2. The Balaban J connectivity index is 0.000000381. The minimum absolute atomic E-state index is 0.0365. The second kappa shape index (κ2) is 60.5. The standard InChI is InChI=1S/C25H30ClN5O4.C23H25ClN4O4.C23H24ClN3O4.C19H17ClN4O4.C6H15NO.4O2S/c1-25(2,15-32)14-30(4)21(33)13-31-22-17(7-10-20(27-3)29-22)11-19(24(31)35)23(34)28-12-16-5-8-18(26)9-6-16;1-23(2,3)32-19(29)13-28-20-15(7-10-18(25-4)27-20)11-17(22(28)31)21(30)26-12-14-5-8-16(24)9-6-14;1-14-5-8-16-11-18(21(29)25-12-15-6-9-17(24)10-7-15)22(30)27(20(16)26-14)13-19(28)31-23(2,3)4;1-21-15-7-4-12-8-14(19(28)24(10-16(25)26)17(12)23-15)18(27)22-9-11-2-5-13(20)6-3-11;1-6(2,5-8)4-7-3;4*1-3-2/h5-11,32H,12-15H2,1-4H3,(H,27,29)(H,28,34);5-11H,12-13H2,1-4H3,(H,25,27)(H,26,30);5-11H,12-13H2,1-4H3,(H,25,29);2-8H,9-10H2,1H3,(H,21,23)(H,22,27)(H,25,26);7-8H,4-5H2,1-3H3;;;;. The number of aliphatic carboxylic acids is 1. The Bertz CT molecular complexity index is 6960. The van der Waals surface area contributed by atoms with Crippen LogP contribution in [0, 0.1) is 17.8 Å². The summed E-state index contributed by atoms with van der Waals surface area (Å²) in [5.41, 5.74) is 0.226. The van der Waals surface area contributed by atoms with Crippen molar-refractivity contribution in [1.82, 2.24) is 69.7 Å². The molecular formula is C96H111Cl4N17O25S4. The van der Waals surface area contributed by atoms with E-state index in [9.17, 15) is 62.6 Å². The Labute approximate surface area is 871 Å². The third-order valence-corrected chi connectivity index (χ3v) is 20.7. The zero-order chi connectivity index (χ0) is 110. The number of fused-ring (bicyclic) bond motifs is 4. The van der Waals surface area contributed by atoms with Crippen LogP contribution in [0.5, 0.6) is 0 Å². The number of pyridine rings is 8. The first-order valence-electron chi connectivity index (χ1n) is 43.5. The molecule has 0 saturated heterocycles. The zero-order valence-electron chi connectivity index (χ0n) is 82.1. The lowest BCUT2D eigenvalue weighted by Gasteiger charge is -2.28. The molecule has 4 aromatic carbocycles. The number of carboxylic acid groups (broad SMARTS) is 1. The first-order valence-corrected chi connectivity index (χ1v) is 47.7. The molecule has 0 aliphatic heterocycles. The van der Waals surface area contributed by atoms with Crippen LogP contribution in [0.3, 0.4) is 0 Å². The smallest absolute Gasteiger partial charge is 0.335 e. The van der Waals surface area contributed by atoms with Gasteiger partial charge in [0.25, 0.3) is 45.9 Å². The lowest BCUT2D eigenvalue weighted by atomic mass is 9.94. The van der Waals surface area contributed by atoms with E-state index in [0.29, 0.717) is 82.6 Å². The molecule has 8 heterocycles. The number of rotatable bonds is 29. The predicted octanol–water partition coefficient (Wildman–Crippen LogP) is 9.14. The molecule has 50 heteroatoms. The fourth-order valence-electron chi connectivity index (χ4n) is 13.0. The highest BCUT2D eigenvalue weighted by atomic mass is 35.5. The molecule has 11 N–H and O–H groups in total. The van der Waals surface area contributed by atoms with Crippen molar-refractivity contribution in [2.24, 2.45) is 10.8 Å². The average Bonchev–Trinajstić information content (AvgIpc) is 0.783. The van der Waals surface area contributed by atoms with E-state index in [2.05, 4.69) is 62.5 Å². The number of halogens is 4. The third kappa shape index (κ3) is 41.1. The van der Waals surface area contributed by atoms with Crippen molar-refractivity contribution in [3.05, 3.63) is 282 Å². The molecule has 8 aromatic heterocycles. The van der Waals surface area contributed by atoms with Gasteiger partial charge in [0.2, 0.25) is 5.91 Å². The van der Waals surface area contributed by atoms with Gasteiger partial charge >= 0.3 is 64.2 Å². The van der Waals surface area contributed by atoms with Crippen LogP contribution in [0.4, 0.5) is 17.5 Å². The number of carbonyl (C=O) groups is 8. The van der Waals surface area contributed by atoms with Gasteiger partial charge in [-0.15, -0.1) is 0 Å². The topological polar surface area (TPSA) is 591 Å². The molecule has 0 saturated carbocycles. The molecule has 12 aromatic rings. The lowest BCUT2D eigenvalue weighted by molar-refractivity contribution is -0.156. The molecule has 782 valence electrons. The van der Waals surface area contributed by atoms with Gasteiger partial charge in [-0.2, -0.15) is 33.7 Å². The summed E-state index contributed by atoms with van der Waals surface area (Å²) in [6.07, 6.45) is 0. The molecule has 0 radical (unpaired) electrons. The number of benzene rings is 4. The number of nitrogens with one attached hydrogen (secondary N) is 8. The van der Waals surface area contributed by atoms with Gasteiger partial charge in [-0.25, -0.2) is 19.9 Å².